The van der Waals surface area contributed by atoms with Crippen molar-refractivity contribution < 1.29 is 9.59 Å². The molecule has 4 rings (SSSR count). The number of carbonyl (C=O) groups is 2. The first-order valence-corrected chi connectivity index (χ1v) is 12.3. The summed E-state index contributed by atoms with van der Waals surface area (Å²) in [6.07, 6.45) is 0.0973. The summed E-state index contributed by atoms with van der Waals surface area (Å²) in [5.74, 6) is -0.625. The average molecular weight is 520 g/mol. The second-order valence-electron chi connectivity index (χ2n) is 9.99. The van der Waals surface area contributed by atoms with Crippen LogP contribution >= 0.6 is 11.6 Å². The van der Waals surface area contributed by atoms with Crippen LogP contribution in [-0.2, 0) is 11.8 Å². The van der Waals surface area contributed by atoms with Crippen LogP contribution in [0.2, 0.25) is 5.02 Å². The van der Waals surface area contributed by atoms with Gasteiger partial charge in [0.15, 0.2) is 0 Å². The Balaban J connectivity index is 1.46. The largest absolute Gasteiger partial charge is 0.351 e. The molecule has 37 heavy (non-hydrogen) atoms. The Morgan fingerprint density at radius 1 is 1.05 bits per heavy atom. The molecule has 2 amide bonds. The van der Waals surface area contributed by atoms with Crippen molar-refractivity contribution in [3.05, 3.63) is 86.9 Å². The number of carbonyl (C=O) groups excluding carboxylic acids is 2. The number of benzene rings is 2. The molecular weight excluding hydrogens is 490 g/mol. The van der Waals surface area contributed by atoms with E-state index >= 15 is 0 Å². The highest BCUT2D eigenvalue weighted by Gasteiger charge is 2.26. The number of hydrogen-bond donors (Lipinski definition) is 2. The lowest BCUT2D eigenvalue weighted by Crippen LogP contribution is -2.36. The molecule has 0 bridgehead atoms. The third-order valence-corrected chi connectivity index (χ3v) is 6.54. The Morgan fingerprint density at radius 2 is 1.76 bits per heavy atom. The Kier molecular flexibility index (Phi) is 7.23. The number of hydrogen-bond acceptors (Lipinski definition) is 4. The predicted molar refractivity (Wildman–Crippen MR) is 147 cm³/mol. The van der Waals surface area contributed by atoms with Crippen LogP contribution in [0.4, 0.5) is 5.69 Å². The molecule has 0 spiro atoms. The molecule has 0 saturated heterocycles. The smallest absolute Gasteiger partial charge is 0.295 e. The van der Waals surface area contributed by atoms with Crippen LogP contribution in [0.15, 0.2) is 59.4 Å². The summed E-state index contributed by atoms with van der Waals surface area (Å²) in [6.45, 7) is 7.64. The highest BCUT2D eigenvalue weighted by molar-refractivity contribution is 6.32. The van der Waals surface area contributed by atoms with E-state index < -0.39 is 5.41 Å². The number of aromatic nitrogens is 3. The SMILES string of the molecule is Cc1ccc2cc(Cl)cc(C(=O)NCC(C)(C)CC(=O)Nc3c(C)n(C)n(-c4ccccc4)c3=O)c2n1. The average Bonchev–Trinajstić information content (AvgIpc) is 3.05. The summed E-state index contributed by atoms with van der Waals surface area (Å²) < 4.78 is 3.23. The first-order chi connectivity index (χ1) is 17.5. The minimum atomic E-state index is -0.585. The van der Waals surface area contributed by atoms with Crippen molar-refractivity contribution >= 4 is 40.0 Å². The second kappa shape index (κ2) is 10.2. The van der Waals surface area contributed by atoms with Gasteiger partial charge in [0.2, 0.25) is 5.91 Å². The molecule has 2 N–H and O–H groups in total. The van der Waals surface area contributed by atoms with Gasteiger partial charge in [-0.3, -0.25) is 24.0 Å². The maximum absolute atomic E-state index is 13.1. The lowest BCUT2D eigenvalue weighted by Gasteiger charge is -2.24. The highest BCUT2D eigenvalue weighted by atomic mass is 35.5. The third kappa shape index (κ3) is 5.59. The Hall–Kier alpha value is -3.91. The van der Waals surface area contributed by atoms with Crippen molar-refractivity contribution in [3.8, 4) is 5.69 Å². The summed E-state index contributed by atoms with van der Waals surface area (Å²) in [6, 6.07) is 16.4. The predicted octanol–water partition coefficient (Wildman–Crippen LogP) is 4.78. The topological polar surface area (TPSA) is 98.0 Å². The molecule has 0 atom stereocenters. The highest BCUT2D eigenvalue weighted by Crippen LogP contribution is 2.25. The van der Waals surface area contributed by atoms with Crippen LogP contribution in [0.1, 0.15) is 42.0 Å². The van der Waals surface area contributed by atoms with Gasteiger partial charge in [-0.05, 0) is 49.6 Å². The van der Waals surface area contributed by atoms with E-state index in [1.54, 1.807) is 30.8 Å². The van der Waals surface area contributed by atoms with Gasteiger partial charge >= 0.3 is 0 Å². The summed E-state index contributed by atoms with van der Waals surface area (Å²) in [5.41, 5.74) is 2.45. The van der Waals surface area contributed by atoms with E-state index in [0.717, 1.165) is 11.1 Å². The van der Waals surface area contributed by atoms with Crippen LogP contribution in [-0.4, -0.2) is 32.7 Å². The number of nitrogens with zero attached hydrogens (tertiary/aromatic N) is 3. The minimum Gasteiger partial charge on any atom is -0.351 e. The molecule has 0 aliphatic heterocycles. The Labute approximate surface area is 220 Å². The number of fused-ring (bicyclic) bond motifs is 1. The third-order valence-electron chi connectivity index (χ3n) is 6.33. The van der Waals surface area contributed by atoms with Crippen molar-refractivity contribution in [2.24, 2.45) is 12.5 Å². The van der Waals surface area contributed by atoms with Gasteiger partial charge in [-0.1, -0.05) is 49.7 Å². The van der Waals surface area contributed by atoms with E-state index in [2.05, 4.69) is 15.6 Å². The first-order valence-electron chi connectivity index (χ1n) is 12.0. The van der Waals surface area contributed by atoms with Crippen molar-refractivity contribution in [3.63, 3.8) is 0 Å². The molecule has 2 aromatic heterocycles. The van der Waals surface area contributed by atoms with E-state index in [1.807, 2.05) is 63.2 Å². The van der Waals surface area contributed by atoms with Crippen LogP contribution in [0.5, 0.6) is 0 Å². The normalized spacial score (nSPS) is 11.5. The van der Waals surface area contributed by atoms with Crippen molar-refractivity contribution in [1.82, 2.24) is 19.7 Å². The van der Waals surface area contributed by atoms with E-state index in [9.17, 15) is 14.4 Å². The minimum absolute atomic E-state index is 0.0973. The van der Waals surface area contributed by atoms with Crippen LogP contribution < -0.4 is 16.2 Å². The maximum Gasteiger partial charge on any atom is 0.295 e. The summed E-state index contributed by atoms with van der Waals surface area (Å²) in [4.78, 5) is 43.6. The number of aryl methyl sites for hydroxylation is 1. The zero-order valence-electron chi connectivity index (χ0n) is 21.6. The molecule has 0 fully saturated rings. The maximum atomic E-state index is 13.1. The van der Waals surface area contributed by atoms with E-state index in [1.165, 1.54) is 4.68 Å². The molecule has 0 aliphatic rings. The first kappa shape index (κ1) is 26.2. The number of rotatable bonds is 7. The number of pyridine rings is 1. The fraction of sp³-hybridized carbons (Fsp3) is 0.286. The molecule has 2 aromatic carbocycles. The van der Waals surface area contributed by atoms with Crippen LogP contribution in [0, 0.1) is 19.3 Å². The van der Waals surface area contributed by atoms with Gasteiger partial charge in [-0.15, -0.1) is 0 Å². The summed E-state index contributed by atoms with van der Waals surface area (Å²) in [5, 5.41) is 6.93. The molecule has 2 heterocycles. The quantitative estimate of drug-likeness (QED) is 0.367. The number of para-hydroxylation sites is 1. The monoisotopic (exact) mass is 519 g/mol. The van der Waals surface area contributed by atoms with Crippen molar-refractivity contribution in [2.45, 2.75) is 34.1 Å². The zero-order chi connectivity index (χ0) is 26.9. The standard InChI is InChI=1S/C28H30ClN5O3/c1-17-11-12-19-13-20(29)14-22(25(19)31-17)26(36)30-16-28(3,4)15-23(35)32-24-18(2)33(5)34(27(24)37)21-9-7-6-8-10-21/h6-14H,15-16H2,1-5H3,(H,30,36)(H,32,35). The zero-order valence-corrected chi connectivity index (χ0v) is 22.3. The van der Waals surface area contributed by atoms with Gasteiger partial charge in [0.1, 0.15) is 5.69 Å². The van der Waals surface area contributed by atoms with E-state index in [4.69, 9.17) is 11.6 Å². The number of anilines is 1. The van der Waals surface area contributed by atoms with E-state index in [0.29, 0.717) is 27.5 Å². The van der Waals surface area contributed by atoms with Gasteiger partial charge in [0, 0.05) is 36.1 Å². The van der Waals surface area contributed by atoms with Gasteiger partial charge in [0.05, 0.1) is 22.5 Å². The molecule has 0 aliphatic carbocycles. The molecule has 0 unspecified atom stereocenters. The van der Waals surface area contributed by atoms with Gasteiger partial charge in [0.25, 0.3) is 11.5 Å². The lowest BCUT2D eigenvalue weighted by molar-refractivity contribution is -0.118. The molecule has 8 nitrogen and oxygen atoms in total. The lowest BCUT2D eigenvalue weighted by atomic mass is 9.88. The fourth-order valence-electron chi connectivity index (χ4n) is 4.28. The Bertz CT molecular complexity index is 1550. The van der Waals surface area contributed by atoms with Gasteiger partial charge in [-0.2, -0.15) is 0 Å². The van der Waals surface area contributed by atoms with Crippen LogP contribution in [0.25, 0.3) is 16.6 Å². The molecular formula is C28H30ClN5O3. The van der Waals surface area contributed by atoms with Gasteiger partial charge in [-0.25, -0.2) is 4.68 Å². The molecule has 192 valence electrons. The second-order valence-corrected chi connectivity index (χ2v) is 10.4. The fourth-order valence-corrected chi connectivity index (χ4v) is 4.50. The number of amides is 2. The molecule has 0 saturated carbocycles. The summed E-state index contributed by atoms with van der Waals surface area (Å²) in [7, 11) is 1.77. The summed E-state index contributed by atoms with van der Waals surface area (Å²) >= 11 is 6.23. The van der Waals surface area contributed by atoms with E-state index in [-0.39, 0.29) is 36.0 Å². The van der Waals surface area contributed by atoms with Gasteiger partial charge < -0.3 is 10.6 Å². The Morgan fingerprint density at radius 3 is 2.46 bits per heavy atom. The number of halogens is 1. The molecule has 0 radical (unpaired) electrons. The van der Waals surface area contributed by atoms with Crippen molar-refractivity contribution in [2.75, 3.05) is 11.9 Å². The molecule has 4 aromatic rings. The van der Waals surface area contributed by atoms with Crippen molar-refractivity contribution in [1.29, 1.82) is 0 Å². The molecule has 9 heteroatoms. The number of nitrogens with one attached hydrogen (secondary N) is 2. The van der Waals surface area contributed by atoms with Crippen LogP contribution in [0.3, 0.4) is 0 Å².